The van der Waals surface area contributed by atoms with Gasteiger partial charge in [-0.3, -0.25) is 4.79 Å². The van der Waals surface area contributed by atoms with Crippen molar-refractivity contribution in [3.8, 4) is 0 Å². The number of esters is 1. The van der Waals surface area contributed by atoms with Gasteiger partial charge in [0.2, 0.25) is 9.84 Å². The Morgan fingerprint density at radius 2 is 1.61 bits per heavy atom. The summed E-state index contributed by atoms with van der Waals surface area (Å²) in [5.74, 6) is -1.90. The Hall–Kier alpha value is -2.13. The number of hydrogen-bond acceptors (Lipinski definition) is 6. The minimum atomic E-state index is -4.14. The SMILES string of the molecule is COC(=O)CS(=O)(=O)c1c[nH]cc1S(=O)(=O)c1ccc(C)cc1. The van der Waals surface area contributed by atoms with Crippen LogP contribution in [0.15, 0.2) is 51.3 Å². The van der Waals surface area contributed by atoms with E-state index in [2.05, 4.69) is 9.72 Å². The molecular weight excluding hydrogens is 342 g/mol. The number of aryl methyl sites for hydroxylation is 1. The zero-order chi connectivity index (χ0) is 17.3. The second-order valence-electron chi connectivity index (χ2n) is 4.84. The Labute approximate surface area is 134 Å². The minimum absolute atomic E-state index is 0.0304. The van der Waals surface area contributed by atoms with Crippen LogP contribution in [0.1, 0.15) is 5.56 Å². The van der Waals surface area contributed by atoms with E-state index >= 15 is 0 Å². The third-order valence-corrected chi connectivity index (χ3v) is 6.73. The van der Waals surface area contributed by atoms with Crippen molar-refractivity contribution in [2.45, 2.75) is 21.6 Å². The molecule has 2 rings (SSSR count). The number of rotatable bonds is 5. The van der Waals surface area contributed by atoms with Crippen molar-refractivity contribution < 1.29 is 26.4 Å². The van der Waals surface area contributed by atoms with E-state index in [1.165, 1.54) is 12.1 Å². The Kier molecular flexibility index (Phi) is 4.62. The third-order valence-electron chi connectivity index (χ3n) is 3.16. The molecule has 0 atom stereocenters. The summed E-state index contributed by atoms with van der Waals surface area (Å²) in [6, 6.07) is 6.02. The summed E-state index contributed by atoms with van der Waals surface area (Å²) in [5.41, 5.74) is 0.872. The van der Waals surface area contributed by atoms with Gasteiger partial charge in [0.25, 0.3) is 0 Å². The molecule has 0 bridgehead atoms. The highest BCUT2D eigenvalue weighted by molar-refractivity contribution is 7.95. The molecule has 0 aliphatic heterocycles. The number of ether oxygens (including phenoxy) is 1. The maximum Gasteiger partial charge on any atom is 0.321 e. The van der Waals surface area contributed by atoms with Gasteiger partial charge >= 0.3 is 5.97 Å². The van der Waals surface area contributed by atoms with Crippen LogP contribution in [0.25, 0.3) is 0 Å². The number of H-pyrrole nitrogens is 1. The molecule has 0 amide bonds. The van der Waals surface area contributed by atoms with Crippen LogP contribution in [-0.2, 0) is 29.2 Å². The molecule has 23 heavy (non-hydrogen) atoms. The van der Waals surface area contributed by atoms with E-state index in [1.54, 1.807) is 19.1 Å². The molecule has 1 aromatic carbocycles. The number of methoxy groups -OCH3 is 1. The molecule has 0 saturated carbocycles. The van der Waals surface area contributed by atoms with Crippen molar-refractivity contribution in [2.75, 3.05) is 12.9 Å². The predicted octanol–water partition coefficient (Wildman–Crippen LogP) is 1.10. The number of carbonyl (C=O) groups is 1. The largest absolute Gasteiger partial charge is 0.468 e. The fraction of sp³-hybridized carbons (Fsp3) is 0.214. The van der Waals surface area contributed by atoms with Gasteiger partial charge in [-0.05, 0) is 19.1 Å². The highest BCUT2D eigenvalue weighted by Crippen LogP contribution is 2.28. The van der Waals surface area contributed by atoms with Crippen molar-refractivity contribution >= 4 is 25.6 Å². The van der Waals surface area contributed by atoms with Crippen LogP contribution in [0.4, 0.5) is 0 Å². The van der Waals surface area contributed by atoms with Gasteiger partial charge in [-0.15, -0.1) is 0 Å². The second-order valence-corrected chi connectivity index (χ2v) is 8.71. The third kappa shape index (κ3) is 3.45. The van der Waals surface area contributed by atoms with Gasteiger partial charge in [0.15, 0.2) is 15.6 Å². The normalized spacial score (nSPS) is 12.1. The van der Waals surface area contributed by atoms with Crippen molar-refractivity contribution in [1.29, 1.82) is 0 Å². The van der Waals surface area contributed by atoms with Crippen molar-refractivity contribution in [3.63, 3.8) is 0 Å². The van der Waals surface area contributed by atoms with Crippen LogP contribution in [0.3, 0.4) is 0 Å². The molecule has 0 spiro atoms. The molecule has 0 aliphatic rings. The summed E-state index contributed by atoms with van der Waals surface area (Å²) in [6.45, 7) is 1.80. The number of carbonyl (C=O) groups excluding carboxylic acids is 1. The average Bonchev–Trinajstić information content (AvgIpc) is 2.98. The van der Waals surface area contributed by atoms with E-state index in [-0.39, 0.29) is 4.90 Å². The number of aromatic nitrogens is 1. The first kappa shape index (κ1) is 17.2. The van der Waals surface area contributed by atoms with Crippen LogP contribution in [0.2, 0.25) is 0 Å². The lowest BCUT2D eigenvalue weighted by Gasteiger charge is -2.07. The molecule has 1 aromatic heterocycles. The molecule has 9 heteroatoms. The van der Waals surface area contributed by atoms with Crippen LogP contribution in [0.5, 0.6) is 0 Å². The highest BCUT2D eigenvalue weighted by Gasteiger charge is 2.30. The predicted molar refractivity (Wildman–Crippen MR) is 81.5 cm³/mol. The fourth-order valence-corrected chi connectivity index (χ4v) is 5.13. The highest BCUT2D eigenvalue weighted by atomic mass is 32.2. The average molecular weight is 357 g/mol. The lowest BCUT2D eigenvalue weighted by molar-refractivity contribution is -0.137. The topological polar surface area (TPSA) is 110 Å². The van der Waals surface area contributed by atoms with Gasteiger partial charge in [0, 0.05) is 12.4 Å². The zero-order valence-electron chi connectivity index (χ0n) is 12.4. The van der Waals surface area contributed by atoms with Crippen molar-refractivity contribution in [2.24, 2.45) is 0 Å². The van der Waals surface area contributed by atoms with Gasteiger partial charge in [0.05, 0.1) is 12.0 Å². The molecule has 124 valence electrons. The molecule has 0 radical (unpaired) electrons. The Bertz CT molecular complexity index is 924. The maximum atomic E-state index is 12.6. The maximum absolute atomic E-state index is 12.6. The Morgan fingerprint density at radius 3 is 2.17 bits per heavy atom. The molecule has 1 N–H and O–H groups in total. The monoisotopic (exact) mass is 357 g/mol. The smallest absolute Gasteiger partial charge is 0.321 e. The first-order chi connectivity index (χ1) is 10.7. The van der Waals surface area contributed by atoms with Crippen molar-refractivity contribution in [3.05, 3.63) is 42.2 Å². The van der Waals surface area contributed by atoms with Gasteiger partial charge in [-0.1, -0.05) is 17.7 Å². The summed E-state index contributed by atoms with van der Waals surface area (Å²) in [6.07, 6.45) is 2.12. The Balaban J connectivity index is 2.53. The number of aromatic amines is 1. The van der Waals surface area contributed by atoms with Crippen LogP contribution < -0.4 is 0 Å². The number of nitrogens with one attached hydrogen (secondary N) is 1. The van der Waals surface area contributed by atoms with E-state index in [1.807, 2.05) is 0 Å². The molecule has 7 nitrogen and oxygen atoms in total. The standard InChI is InChI=1S/C14H15NO6S2/c1-10-3-5-11(6-4-10)23(19,20)13-8-15-7-12(13)22(17,18)9-14(16)21-2/h3-8,15H,9H2,1-2H3. The lowest BCUT2D eigenvalue weighted by Crippen LogP contribution is -2.18. The Morgan fingerprint density at radius 1 is 1.04 bits per heavy atom. The molecular formula is C14H15NO6S2. The number of sulfone groups is 2. The van der Waals surface area contributed by atoms with E-state index < -0.39 is 41.2 Å². The molecule has 0 unspecified atom stereocenters. The fourth-order valence-electron chi connectivity index (χ4n) is 1.92. The van der Waals surface area contributed by atoms with Gasteiger partial charge < -0.3 is 9.72 Å². The van der Waals surface area contributed by atoms with E-state index in [4.69, 9.17) is 0 Å². The first-order valence-electron chi connectivity index (χ1n) is 6.46. The zero-order valence-corrected chi connectivity index (χ0v) is 14.1. The lowest BCUT2D eigenvalue weighted by atomic mass is 10.2. The molecule has 2 aromatic rings. The first-order valence-corrected chi connectivity index (χ1v) is 9.60. The van der Waals surface area contributed by atoms with Gasteiger partial charge in [-0.2, -0.15) is 0 Å². The van der Waals surface area contributed by atoms with Crippen LogP contribution in [-0.4, -0.2) is 40.7 Å². The summed E-state index contributed by atoms with van der Waals surface area (Å²) >= 11 is 0. The summed E-state index contributed by atoms with van der Waals surface area (Å²) in [7, 11) is -7.12. The van der Waals surface area contributed by atoms with Gasteiger partial charge in [0.1, 0.15) is 9.79 Å². The summed E-state index contributed by atoms with van der Waals surface area (Å²) < 4.78 is 54.0. The summed E-state index contributed by atoms with van der Waals surface area (Å²) in [4.78, 5) is 12.8. The van der Waals surface area contributed by atoms with Crippen molar-refractivity contribution in [1.82, 2.24) is 4.98 Å². The summed E-state index contributed by atoms with van der Waals surface area (Å²) in [5, 5.41) is 0. The van der Waals surface area contributed by atoms with E-state index in [0.717, 1.165) is 25.1 Å². The second kappa shape index (κ2) is 6.17. The molecule has 0 fully saturated rings. The van der Waals surface area contributed by atoms with Gasteiger partial charge in [-0.25, -0.2) is 16.8 Å². The minimum Gasteiger partial charge on any atom is -0.468 e. The molecule has 0 aliphatic carbocycles. The number of benzene rings is 1. The molecule has 1 heterocycles. The quantitative estimate of drug-likeness (QED) is 0.803. The molecule has 0 saturated heterocycles. The number of hydrogen-bond donors (Lipinski definition) is 1. The van der Waals surface area contributed by atoms with Crippen LogP contribution >= 0.6 is 0 Å². The van der Waals surface area contributed by atoms with E-state index in [9.17, 15) is 21.6 Å². The van der Waals surface area contributed by atoms with Crippen LogP contribution in [0, 0.1) is 6.92 Å². The van der Waals surface area contributed by atoms with E-state index in [0.29, 0.717) is 0 Å².